The van der Waals surface area contributed by atoms with E-state index in [0.29, 0.717) is 5.56 Å². The minimum atomic E-state index is -3.93. The summed E-state index contributed by atoms with van der Waals surface area (Å²) in [5.74, 6) is -0.661. The zero-order chi connectivity index (χ0) is 24.2. The molecule has 1 N–H and O–H groups in total. The molecule has 0 atom stereocenters. The number of hydrogen-bond acceptors (Lipinski definition) is 10. The number of nitro benzene ring substituents is 1. The molecule has 0 aliphatic heterocycles. The third-order valence-electron chi connectivity index (χ3n) is 4.20. The molecule has 0 spiro atoms. The molecular formula is C20H20N4O8S. The van der Waals surface area contributed by atoms with Crippen LogP contribution >= 0.6 is 0 Å². The smallest absolute Gasteiger partial charge is 0.338 e. The number of ether oxygens (including phenoxy) is 2. The summed E-state index contributed by atoms with van der Waals surface area (Å²) >= 11 is 0. The van der Waals surface area contributed by atoms with Crippen LogP contribution in [0.25, 0.3) is 11.5 Å². The third-order valence-corrected chi connectivity index (χ3v) is 5.88. The van der Waals surface area contributed by atoms with Crippen LogP contribution in [-0.4, -0.2) is 42.7 Å². The van der Waals surface area contributed by atoms with Gasteiger partial charge >= 0.3 is 5.97 Å². The predicted octanol–water partition coefficient (Wildman–Crippen LogP) is 2.70. The molecule has 0 fully saturated rings. The van der Waals surface area contributed by atoms with Gasteiger partial charge in [-0.2, -0.15) is 0 Å². The molecule has 0 saturated heterocycles. The molecule has 3 rings (SSSR count). The number of non-ortho nitro benzene ring substituents is 1. The molecule has 1 heterocycles. The van der Waals surface area contributed by atoms with Crippen molar-refractivity contribution in [1.29, 1.82) is 0 Å². The largest absolute Gasteiger partial charge is 0.495 e. The molecule has 0 aliphatic carbocycles. The first kappa shape index (κ1) is 23.8. The first-order chi connectivity index (χ1) is 15.6. The molecule has 3 aromatic rings. The first-order valence-electron chi connectivity index (χ1n) is 9.55. The van der Waals surface area contributed by atoms with Crippen LogP contribution in [0, 0.1) is 10.1 Å². The summed E-state index contributed by atoms with van der Waals surface area (Å²) in [6, 6.07) is 9.00. The van der Waals surface area contributed by atoms with E-state index < -0.39 is 20.9 Å². The molecule has 12 nitrogen and oxygen atoms in total. The highest BCUT2D eigenvalue weighted by Gasteiger charge is 2.23. The van der Waals surface area contributed by atoms with Gasteiger partial charge < -0.3 is 13.9 Å². The highest BCUT2D eigenvalue weighted by molar-refractivity contribution is 7.89. The number of esters is 1. The van der Waals surface area contributed by atoms with Crippen LogP contribution in [0.2, 0.25) is 0 Å². The summed E-state index contributed by atoms with van der Waals surface area (Å²) in [5.41, 5.74) is 0.347. The minimum absolute atomic E-state index is 0.0143. The monoisotopic (exact) mass is 476 g/mol. The van der Waals surface area contributed by atoms with Crippen LogP contribution in [0.1, 0.15) is 30.1 Å². The highest BCUT2D eigenvalue weighted by atomic mass is 32.2. The summed E-state index contributed by atoms with van der Waals surface area (Å²) in [4.78, 5) is 22.5. The van der Waals surface area contributed by atoms with E-state index in [9.17, 15) is 23.3 Å². The standard InChI is InChI=1S/C20H20N4O8S/c1-12(2)23-33(28,29)17-10-14(6-9-16(17)30-3)20(25)31-11-18-21-22-19(32-18)13-4-7-15(8-5-13)24(26)27/h4-10,12,23H,11H2,1-3H3. The van der Waals surface area contributed by atoms with Crippen molar-refractivity contribution in [3.63, 3.8) is 0 Å². The molecule has 0 saturated carbocycles. The number of aromatic nitrogens is 2. The Morgan fingerprint density at radius 1 is 1.18 bits per heavy atom. The Morgan fingerprint density at radius 2 is 1.88 bits per heavy atom. The molecule has 0 aliphatic rings. The average molecular weight is 476 g/mol. The second-order valence-corrected chi connectivity index (χ2v) is 8.71. The van der Waals surface area contributed by atoms with Crippen LogP contribution in [0.5, 0.6) is 5.75 Å². The normalized spacial score (nSPS) is 11.4. The Morgan fingerprint density at radius 3 is 2.48 bits per heavy atom. The second kappa shape index (κ2) is 9.75. The van der Waals surface area contributed by atoms with E-state index in [1.807, 2.05) is 0 Å². The Bertz CT molecular complexity index is 1270. The summed E-state index contributed by atoms with van der Waals surface area (Å²) in [6.07, 6.45) is 0. The maximum Gasteiger partial charge on any atom is 0.338 e. The van der Waals surface area contributed by atoms with Crippen LogP contribution in [0.15, 0.2) is 51.8 Å². The van der Waals surface area contributed by atoms with Gasteiger partial charge in [0.05, 0.1) is 17.6 Å². The fraction of sp³-hybridized carbons (Fsp3) is 0.250. The summed E-state index contributed by atoms with van der Waals surface area (Å²) in [7, 11) is -2.61. The number of carbonyl (C=O) groups is 1. The van der Waals surface area contributed by atoms with Crippen LogP contribution in [0.4, 0.5) is 5.69 Å². The van der Waals surface area contributed by atoms with Gasteiger partial charge in [0.1, 0.15) is 10.6 Å². The lowest BCUT2D eigenvalue weighted by atomic mass is 10.2. The van der Waals surface area contributed by atoms with E-state index in [2.05, 4.69) is 14.9 Å². The Labute approximate surface area is 188 Å². The number of nitrogens with one attached hydrogen (secondary N) is 1. The lowest BCUT2D eigenvalue weighted by Crippen LogP contribution is -2.30. The molecular weight excluding hydrogens is 456 g/mol. The van der Waals surface area contributed by atoms with Gasteiger partial charge in [-0.3, -0.25) is 10.1 Å². The Kier molecular flexibility index (Phi) is 7.04. The molecule has 0 amide bonds. The van der Waals surface area contributed by atoms with E-state index >= 15 is 0 Å². The quantitative estimate of drug-likeness (QED) is 0.276. The number of nitrogens with zero attached hydrogens (tertiary/aromatic N) is 3. The van der Waals surface area contributed by atoms with Gasteiger partial charge in [0, 0.05) is 23.7 Å². The minimum Gasteiger partial charge on any atom is -0.495 e. The molecule has 13 heteroatoms. The van der Waals surface area contributed by atoms with Crippen molar-refractivity contribution in [3.05, 3.63) is 64.0 Å². The van der Waals surface area contributed by atoms with Crippen molar-refractivity contribution in [2.45, 2.75) is 31.4 Å². The SMILES string of the molecule is COc1ccc(C(=O)OCc2nnc(-c3ccc([N+](=O)[O-])cc3)o2)cc1S(=O)(=O)NC(C)C. The number of hydrogen-bond donors (Lipinski definition) is 1. The number of carbonyl (C=O) groups excluding carboxylic acids is 1. The lowest BCUT2D eigenvalue weighted by Gasteiger charge is -2.13. The zero-order valence-corrected chi connectivity index (χ0v) is 18.7. The van der Waals surface area contributed by atoms with Crippen molar-refractivity contribution in [2.24, 2.45) is 0 Å². The molecule has 0 unspecified atom stereocenters. The van der Waals surface area contributed by atoms with Gasteiger partial charge in [0.15, 0.2) is 6.61 Å². The van der Waals surface area contributed by atoms with Crippen LogP contribution in [0.3, 0.4) is 0 Å². The molecule has 0 bridgehead atoms. The maximum absolute atomic E-state index is 12.6. The predicted molar refractivity (Wildman–Crippen MR) is 114 cm³/mol. The van der Waals surface area contributed by atoms with E-state index in [0.717, 1.165) is 6.07 Å². The van der Waals surface area contributed by atoms with Crippen molar-refractivity contribution >= 4 is 21.7 Å². The molecule has 1 aromatic heterocycles. The fourth-order valence-electron chi connectivity index (χ4n) is 2.75. The number of methoxy groups -OCH3 is 1. The molecule has 33 heavy (non-hydrogen) atoms. The lowest BCUT2D eigenvalue weighted by molar-refractivity contribution is -0.384. The van der Waals surface area contributed by atoms with Crippen molar-refractivity contribution < 1.29 is 32.0 Å². The zero-order valence-electron chi connectivity index (χ0n) is 17.8. The van der Waals surface area contributed by atoms with Crippen molar-refractivity contribution in [1.82, 2.24) is 14.9 Å². The average Bonchev–Trinajstić information content (AvgIpc) is 3.25. The van der Waals surface area contributed by atoms with E-state index in [1.54, 1.807) is 13.8 Å². The van der Waals surface area contributed by atoms with Crippen molar-refractivity contribution in [3.8, 4) is 17.2 Å². The first-order valence-corrected chi connectivity index (χ1v) is 11.0. The van der Waals surface area contributed by atoms with E-state index in [-0.39, 0.29) is 46.3 Å². The van der Waals surface area contributed by atoms with Gasteiger partial charge in [-0.25, -0.2) is 17.9 Å². The topological polar surface area (TPSA) is 164 Å². The second-order valence-electron chi connectivity index (χ2n) is 7.02. The van der Waals surface area contributed by atoms with Gasteiger partial charge in [0.25, 0.3) is 11.6 Å². The number of benzene rings is 2. The molecule has 174 valence electrons. The van der Waals surface area contributed by atoms with Gasteiger partial charge in [-0.1, -0.05) is 0 Å². The fourth-order valence-corrected chi connectivity index (χ4v) is 4.20. The number of nitro groups is 1. The van der Waals surface area contributed by atoms with Crippen LogP contribution < -0.4 is 9.46 Å². The van der Waals surface area contributed by atoms with Crippen LogP contribution in [-0.2, 0) is 21.4 Å². The number of rotatable bonds is 9. The Hall–Kier alpha value is -3.84. The van der Waals surface area contributed by atoms with Gasteiger partial charge in [0.2, 0.25) is 15.9 Å². The van der Waals surface area contributed by atoms with Crippen molar-refractivity contribution in [2.75, 3.05) is 7.11 Å². The molecule has 0 radical (unpaired) electrons. The summed E-state index contributed by atoms with van der Waals surface area (Å²) < 4.78 is 43.2. The number of sulfonamides is 1. The van der Waals surface area contributed by atoms with Gasteiger partial charge in [-0.05, 0) is 44.2 Å². The summed E-state index contributed by atoms with van der Waals surface area (Å²) in [6.45, 7) is 2.96. The van der Waals surface area contributed by atoms with E-state index in [1.165, 1.54) is 43.5 Å². The maximum atomic E-state index is 12.6. The van der Waals surface area contributed by atoms with E-state index in [4.69, 9.17) is 13.9 Å². The highest BCUT2D eigenvalue weighted by Crippen LogP contribution is 2.26. The Balaban J connectivity index is 1.72. The third kappa shape index (κ3) is 5.70. The van der Waals surface area contributed by atoms with Gasteiger partial charge in [-0.15, -0.1) is 10.2 Å². The summed E-state index contributed by atoms with van der Waals surface area (Å²) in [5, 5.41) is 18.3. The molecule has 2 aromatic carbocycles.